The largest absolute Gasteiger partial charge is 0.495 e. The molecule has 1 heterocycles. The van der Waals surface area contributed by atoms with Crippen molar-refractivity contribution in [3.63, 3.8) is 0 Å². The van der Waals surface area contributed by atoms with Crippen molar-refractivity contribution in [2.45, 2.75) is 25.8 Å². The zero-order valence-corrected chi connectivity index (χ0v) is 12.3. The number of hydrogen-bond acceptors (Lipinski definition) is 3. The van der Waals surface area contributed by atoms with Crippen LogP contribution in [0.1, 0.15) is 19.8 Å². The van der Waals surface area contributed by atoms with Gasteiger partial charge < -0.3 is 14.5 Å². The molecule has 2 aromatic carbocycles. The Morgan fingerprint density at radius 3 is 2.71 bits per heavy atom. The molecule has 1 atom stereocenters. The van der Waals surface area contributed by atoms with Gasteiger partial charge in [0.1, 0.15) is 16.9 Å². The molecule has 0 spiro atoms. The van der Waals surface area contributed by atoms with Crippen LogP contribution in [0.3, 0.4) is 0 Å². The standard InChI is InChI=1S/C18H19NO2/c1-11(12-7-8-12)19-15-10-17-14(9-18(15)20-2)13-5-3-4-6-16(13)21-17/h3-6,9-12,19H,7-8H2,1-2H3. The van der Waals surface area contributed by atoms with Crippen LogP contribution in [0.5, 0.6) is 5.75 Å². The highest BCUT2D eigenvalue weighted by atomic mass is 16.5. The minimum Gasteiger partial charge on any atom is -0.495 e. The van der Waals surface area contributed by atoms with Gasteiger partial charge in [-0.25, -0.2) is 0 Å². The summed E-state index contributed by atoms with van der Waals surface area (Å²) in [6.45, 7) is 2.24. The minimum absolute atomic E-state index is 0.473. The van der Waals surface area contributed by atoms with Crippen LogP contribution in [0.25, 0.3) is 21.9 Å². The highest BCUT2D eigenvalue weighted by Gasteiger charge is 2.28. The zero-order chi connectivity index (χ0) is 14.4. The smallest absolute Gasteiger partial charge is 0.142 e. The first-order valence-electron chi connectivity index (χ1n) is 7.52. The summed E-state index contributed by atoms with van der Waals surface area (Å²) < 4.78 is 11.5. The molecule has 0 aliphatic heterocycles. The van der Waals surface area contributed by atoms with E-state index in [9.17, 15) is 0 Å². The van der Waals surface area contributed by atoms with E-state index in [4.69, 9.17) is 9.15 Å². The molecule has 1 N–H and O–H groups in total. The molecule has 3 nitrogen and oxygen atoms in total. The number of para-hydroxylation sites is 1. The molecule has 1 aliphatic rings. The fraction of sp³-hybridized carbons (Fsp3) is 0.333. The van der Waals surface area contributed by atoms with E-state index in [0.29, 0.717) is 6.04 Å². The third-order valence-corrected chi connectivity index (χ3v) is 4.41. The van der Waals surface area contributed by atoms with Gasteiger partial charge in [-0.2, -0.15) is 0 Å². The molecule has 4 rings (SSSR count). The van der Waals surface area contributed by atoms with Crippen LogP contribution in [0.2, 0.25) is 0 Å². The van der Waals surface area contributed by atoms with E-state index in [1.54, 1.807) is 7.11 Å². The topological polar surface area (TPSA) is 34.4 Å². The Morgan fingerprint density at radius 2 is 1.95 bits per heavy atom. The number of furan rings is 1. The Balaban J connectivity index is 1.84. The summed E-state index contributed by atoms with van der Waals surface area (Å²) in [7, 11) is 1.72. The quantitative estimate of drug-likeness (QED) is 0.745. The molecule has 1 aromatic heterocycles. The maximum absolute atomic E-state index is 5.95. The van der Waals surface area contributed by atoms with E-state index in [1.165, 1.54) is 12.8 Å². The summed E-state index contributed by atoms with van der Waals surface area (Å²) in [4.78, 5) is 0. The number of rotatable bonds is 4. The molecule has 3 aromatic rings. The van der Waals surface area contributed by atoms with Crippen molar-refractivity contribution in [2.24, 2.45) is 5.92 Å². The number of anilines is 1. The molecule has 0 radical (unpaired) electrons. The van der Waals surface area contributed by atoms with Crippen LogP contribution in [-0.4, -0.2) is 13.2 Å². The first kappa shape index (κ1) is 12.6. The third kappa shape index (κ3) is 2.13. The lowest BCUT2D eigenvalue weighted by molar-refractivity contribution is 0.416. The van der Waals surface area contributed by atoms with Gasteiger partial charge in [0.2, 0.25) is 0 Å². The molecule has 1 aliphatic carbocycles. The summed E-state index contributed by atoms with van der Waals surface area (Å²) in [5, 5.41) is 5.81. The van der Waals surface area contributed by atoms with Gasteiger partial charge in [0.25, 0.3) is 0 Å². The first-order chi connectivity index (χ1) is 10.3. The highest BCUT2D eigenvalue weighted by molar-refractivity contribution is 6.06. The second-order valence-corrected chi connectivity index (χ2v) is 5.92. The summed E-state index contributed by atoms with van der Waals surface area (Å²) in [5.41, 5.74) is 2.84. The summed E-state index contributed by atoms with van der Waals surface area (Å²) in [5.74, 6) is 1.67. The van der Waals surface area contributed by atoms with Crippen LogP contribution in [0.15, 0.2) is 40.8 Å². The van der Waals surface area contributed by atoms with Crippen molar-refractivity contribution in [2.75, 3.05) is 12.4 Å². The predicted octanol–water partition coefficient (Wildman–Crippen LogP) is 4.81. The first-order valence-corrected chi connectivity index (χ1v) is 7.52. The summed E-state index contributed by atoms with van der Waals surface area (Å²) in [6.07, 6.45) is 2.65. The predicted molar refractivity (Wildman–Crippen MR) is 86.1 cm³/mol. The van der Waals surface area contributed by atoms with Crippen molar-refractivity contribution >= 4 is 27.6 Å². The second-order valence-electron chi connectivity index (χ2n) is 5.92. The van der Waals surface area contributed by atoms with Crippen LogP contribution >= 0.6 is 0 Å². The van der Waals surface area contributed by atoms with Gasteiger partial charge in [0.15, 0.2) is 0 Å². The summed E-state index contributed by atoms with van der Waals surface area (Å²) >= 11 is 0. The Hall–Kier alpha value is -2.16. The van der Waals surface area contributed by atoms with Gasteiger partial charge in [0.05, 0.1) is 12.8 Å². The molecular weight excluding hydrogens is 262 g/mol. The van der Waals surface area contributed by atoms with E-state index in [1.807, 2.05) is 18.2 Å². The number of ether oxygens (including phenoxy) is 1. The SMILES string of the molecule is COc1cc2c(cc1NC(C)C1CC1)oc1ccccc12. The van der Waals surface area contributed by atoms with Gasteiger partial charge in [-0.05, 0) is 37.8 Å². The van der Waals surface area contributed by atoms with Gasteiger partial charge in [-0.3, -0.25) is 0 Å². The molecule has 108 valence electrons. The maximum Gasteiger partial charge on any atom is 0.142 e. The Morgan fingerprint density at radius 1 is 1.14 bits per heavy atom. The molecule has 0 bridgehead atoms. The number of fused-ring (bicyclic) bond motifs is 3. The Kier molecular flexibility index (Phi) is 2.81. The average molecular weight is 281 g/mol. The van der Waals surface area contributed by atoms with Crippen LogP contribution in [0.4, 0.5) is 5.69 Å². The highest BCUT2D eigenvalue weighted by Crippen LogP contribution is 2.39. The van der Waals surface area contributed by atoms with Gasteiger partial charge in [-0.1, -0.05) is 18.2 Å². The maximum atomic E-state index is 5.95. The lowest BCUT2D eigenvalue weighted by atomic mass is 10.1. The summed E-state index contributed by atoms with van der Waals surface area (Å²) in [6, 6.07) is 12.7. The van der Waals surface area contributed by atoms with Crippen molar-refractivity contribution in [1.82, 2.24) is 0 Å². The fourth-order valence-corrected chi connectivity index (χ4v) is 2.99. The number of methoxy groups -OCH3 is 1. The van der Waals surface area contributed by atoms with E-state index in [2.05, 4.69) is 30.4 Å². The van der Waals surface area contributed by atoms with Crippen molar-refractivity contribution < 1.29 is 9.15 Å². The molecule has 21 heavy (non-hydrogen) atoms. The normalized spacial score (nSPS) is 16.3. The van der Waals surface area contributed by atoms with Crippen LogP contribution < -0.4 is 10.1 Å². The van der Waals surface area contributed by atoms with E-state index >= 15 is 0 Å². The lowest BCUT2D eigenvalue weighted by Crippen LogP contribution is -2.17. The molecule has 3 heteroatoms. The van der Waals surface area contributed by atoms with Crippen LogP contribution in [-0.2, 0) is 0 Å². The minimum atomic E-state index is 0.473. The van der Waals surface area contributed by atoms with Gasteiger partial charge >= 0.3 is 0 Å². The molecule has 1 unspecified atom stereocenters. The molecule has 0 saturated heterocycles. The van der Waals surface area contributed by atoms with Crippen molar-refractivity contribution in [3.8, 4) is 5.75 Å². The monoisotopic (exact) mass is 281 g/mol. The molecular formula is C18H19NO2. The van der Waals surface area contributed by atoms with E-state index in [0.717, 1.165) is 39.3 Å². The molecule has 0 amide bonds. The number of nitrogens with one attached hydrogen (secondary N) is 1. The average Bonchev–Trinajstić information content (AvgIpc) is 3.28. The zero-order valence-electron chi connectivity index (χ0n) is 12.3. The Bertz CT molecular complexity index is 801. The van der Waals surface area contributed by atoms with Crippen LogP contribution in [0, 0.1) is 5.92 Å². The van der Waals surface area contributed by atoms with Crippen molar-refractivity contribution in [3.05, 3.63) is 36.4 Å². The number of hydrogen-bond donors (Lipinski definition) is 1. The van der Waals surface area contributed by atoms with Crippen molar-refractivity contribution in [1.29, 1.82) is 0 Å². The third-order valence-electron chi connectivity index (χ3n) is 4.41. The van der Waals surface area contributed by atoms with E-state index < -0.39 is 0 Å². The molecule has 1 fully saturated rings. The molecule has 1 saturated carbocycles. The van der Waals surface area contributed by atoms with Gasteiger partial charge in [0, 0.05) is 22.9 Å². The lowest BCUT2D eigenvalue weighted by Gasteiger charge is -2.17. The second kappa shape index (κ2) is 4.69. The number of benzene rings is 2. The Labute approximate surface area is 123 Å². The van der Waals surface area contributed by atoms with Gasteiger partial charge in [-0.15, -0.1) is 0 Å². The fourth-order valence-electron chi connectivity index (χ4n) is 2.99. The van der Waals surface area contributed by atoms with E-state index in [-0.39, 0.29) is 0 Å².